The summed E-state index contributed by atoms with van der Waals surface area (Å²) in [6.07, 6.45) is 5.07. The van der Waals surface area contributed by atoms with Crippen LogP contribution in [0.15, 0.2) is 6.20 Å². The highest BCUT2D eigenvalue weighted by molar-refractivity contribution is 4.90. The Morgan fingerprint density at radius 2 is 1.65 bits per heavy atom. The lowest BCUT2D eigenvalue weighted by Gasteiger charge is -2.14. The fraction of sp³-hybridized carbons (Fsp3) is 0.895. The minimum absolute atomic E-state index is 0.300. The molecule has 0 saturated carbocycles. The fourth-order valence-electron chi connectivity index (χ4n) is 1.34. The van der Waals surface area contributed by atoms with Crippen molar-refractivity contribution in [1.29, 1.82) is 0 Å². The van der Waals surface area contributed by atoms with Crippen LogP contribution in [0.2, 0.25) is 0 Å². The van der Waals surface area contributed by atoms with E-state index >= 15 is 0 Å². The first-order chi connectivity index (χ1) is 10.8. The summed E-state index contributed by atoms with van der Waals surface area (Å²) in [5, 5.41) is 16.5. The summed E-state index contributed by atoms with van der Waals surface area (Å²) in [5.74, 6) is 0.735. The van der Waals surface area contributed by atoms with Gasteiger partial charge in [0.15, 0.2) is 0 Å². The number of aryl methyl sites for hydroxylation is 2. The molecule has 0 atom stereocenters. The Balaban J connectivity index is -0.000000312. The summed E-state index contributed by atoms with van der Waals surface area (Å²) in [4.78, 5) is 0. The molecule has 4 heteroatoms. The Morgan fingerprint density at radius 3 is 1.91 bits per heavy atom. The van der Waals surface area contributed by atoms with Gasteiger partial charge in [0.1, 0.15) is 0 Å². The number of nitrogens with zero attached hydrogens (tertiary/aromatic N) is 3. The molecule has 1 heterocycles. The summed E-state index contributed by atoms with van der Waals surface area (Å²) < 4.78 is 1.93. The predicted octanol–water partition coefficient (Wildman–Crippen LogP) is 5.35. The van der Waals surface area contributed by atoms with Gasteiger partial charge >= 0.3 is 0 Å². The molecule has 1 aromatic heterocycles. The second-order valence-electron chi connectivity index (χ2n) is 6.54. The van der Waals surface area contributed by atoms with E-state index < -0.39 is 0 Å². The Bertz CT molecular complexity index is 328. The van der Waals surface area contributed by atoms with Gasteiger partial charge in [-0.1, -0.05) is 74.5 Å². The third-order valence-corrected chi connectivity index (χ3v) is 2.75. The number of aliphatic hydroxyl groups is 1. The summed E-state index contributed by atoms with van der Waals surface area (Å²) in [5.41, 5.74) is 1.38. The van der Waals surface area contributed by atoms with Crippen molar-refractivity contribution in [3.63, 3.8) is 0 Å². The van der Waals surface area contributed by atoms with Gasteiger partial charge in [-0.05, 0) is 30.6 Å². The Kier molecular flexibility index (Phi) is 20.5. The lowest BCUT2D eigenvalue weighted by molar-refractivity contribution is 0.225. The molecule has 1 rings (SSSR count). The summed E-state index contributed by atoms with van der Waals surface area (Å²) in [6.45, 7) is 22.2. The van der Waals surface area contributed by atoms with Crippen LogP contribution in [0.4, 0.5) is 0 Å². The smallest absolute Gasteiger partial charge is 0.0824 e. The minimum atomic E-state index is 0.300. The maximum Gasteiger partial charge on any atom is 0.0824 e. The maximum atomic E-state index is 8.40. The summed E-state index contributed by atoms with van der Waals surface area (Å²) in [6, 6.07) is 0. The third kappa shape index (κ3) is 21.1. The van der Waals surface area contributed by atoms with Crippen LogP contribution in [0, 0.1) is 11.3 Å². The van der Waals surface area contributed by atoms with E-state index in [2.05, 4.69) is 51.9 Å². The zero-order valence-electron chi connectivity index (χ0n) is 17.5. The molecule has 0 aliphatic heterocycles. The van der Waals surface area contributed by atoms with Crippen molar-refractivity contribution in [3.8, 4) is 0 Å². The number of rotatable bonds is 5. The molecule has 0 spiro atoms. The van der Waals surface area contributed by atoms with Crippen LogP contribution in [-0.4, -0.2) is 26.7 Å². The first-order valence-electron chi connectivity index (χ1n) is 9.28. The number of hydrogen-bond acceptors (Lipinski definition) is 3. The molecule has 140 valence electrons. The van der Waals surface area contributed by atoms with Crippen molar-refractivity contribution in [2.75, 3.05) is 6.61 Å². The van der Waals surface area contributed by atoms with Crippen LogP contribution in [0.1, 0.15) is 87.8 Å². The molecule has 0 radical (unpaired) electrons. The predicted molar refractivity (Wildman–Crippen MR) is 103 cm³/mol. The highest BCUT2D eigenvalue weighted by Gasteiger charge is 2.06. The highest BCUT2D eigenvalue weighted by atomic mass is 16.3. The van der Waals surface area contributed by atoms with E-state index in [4.69, 9.17) is 5.11 Å². The van der Waals surface area contributed by atoms with Crippen molar-refractivity contribution in [3.05, 3.63) is 11.9 Å². The van der Waals surface area contributed by atoms with Crippen molar-refractivity contribution >= 4 is 0 Å². The first kappa shape index (κ1) is 27.0. The van der Waals surface area contributed by atoms with Crippen LogP contribution in [0.25, 0.3) is 0 Å². The molecule has 1 aromatic rings. The topological polar surface area (TPSA) is 50.9 Å². The molecule has 0 unspecified atom stereocenters. The monoisotopic (exact) mass is 329 g/mol. The van der Waals surface area contributed by atoms with E-state index in [0.717, 1.165) is 31.0 Å². The Hall–Kier alpha value is -0.900. The highest BCUT2D eigenvalue weighted by Crippen LogP contribution is 2.16. The molecule has 23 heavy (non-hydrogen) atoms. The molecule has 0 fully saturated rings. The zero-order chi connectivity index (χ0) is 18.9. The van der Waals surface area contributed by atoms with Gasteiger partial charge in [-0.15, -0.1) is 5.10 Å². The van der Waals surface area contributed by atoms with Crippen molar-refractivity contribution in [2.45, 2.75) is 95.0 Å². The average Bonchev–Trinajstić information content (AvgIpc) is 2.97. The molecule has 1 N–H and O–H groups in total. The van der Waals surface area contributed by atoms with E-state index in [-0.39, 0.29) is 0 Å². The van der Waals surface area contributed by atoms with E-state index in [1.807, 2.05) is 38.6 Å². The molecule has 0 aliphatic rings. The quantitative estimate of drug-likeness (QED) is 0.791. The second kappa shape index (κ2) is 17.5. The first-order valence-corrected chi connectivity index (χ1v) is 9.28. The SMILES string of the molecule is CC.CC.CC(C)(C)CCO.CCc1cn(CCC(C)C)nn1. The van der Waals surface area contributed by atoms with Gasteiger partial charge in [-0.25, -0.2) is 0 Å². The van der Waals surface area contributed by atoms with E-state index in [9.17, 15) is 0 Å². The van der Waals surface area contributed by atoms with Gasteiger partial charge in [0, 0.05) is 19.3 Å². The molecule has 0 saturated heterocycles. The lowest BCUT2D eigenvalue weighted by Crippen LogP contribution is -2.06. The van der Waals surface area contributed by atoms with E-state index in [1.54, 1.807) is 0 Å². The number of aromatic nitrogens is 3. The minimum Gasteiger partial charge on any atom is -0.396 e. The van der Waals surface area contributed by atoms with Gasteiger partial charge in [0.2, 0.25) is 0 Å². The molecular weight excluding hydrogens is 286 g/mol. The van der Waals surface area contributed by atoms with Crippen LogP contribution in [0.3, 0.4) is 0 Å². The zero-order valence-corrected chi connectivity index (χ0v) is 17.5. The van der Waals surface area contributed by atoms with E-state index in [1.165, 1.54) is 6.42 Å². The van der Waals surface area contributed by atoms with E-state index in [0.29, 0.717) is 12.0 Å². The number of hydrogen-bond donors (Lipinski definition) is 1. The molecule has 4 nitrogen and oxygen atoms in total. The Morgan fingerprint density at radius 1 is 1.13 bits per heavy atom. The van der Waals surface area contributed by atoms with Crippen LogP contribution < -0.4 is 0 Å². The summed E-state index contributed by atoms with van der Waals surface area (Å²) >= 11 is 0. The third-order valence-electron chi connectivity index (χ3n) is 2.75. The van der Waals surface area contributed by atoms with Crippen molar-refractivity contribution in [2.24, 2.45) is 11.3 Å². The van der Waals surface area contributed by atoms with Crippen LogP contribution in [0.5, 0.6) is 0 Å². The molecule has 0 aromatic carbocycles. The molecule has 0 aliphatic carbocycles. The van der Waals surface area contributed by atoms with Crippen LogP contribution in [-0.2, 0) is 13.0 Å². The molecule has 0 amide bonds. The average molecular weight is 330 g/mol. The van der Waals surface area contributed by atoms with Crippen molar-refractivity contribution in [1.82, 2.24) is 15.0 Å². The lowest BCUT2D eigenvalue weighted by atomic mass is 9.93. The molecular formula is C19H43N3O. The second-order valence-corrected chi connectivity index (χ2v) is 6.54. The van der Waals surface area contributed by atoms with Gasteiger partial charge < -0.3 is 5.11 Å². The number of aliphatic hydroxyl groups excluding tert-OH is 1. The van der Waals surface area contributed by atoms with Gasteiger partial charge in [-0.3, -0.25) is 4.68 Å². The normalized spacial score (nSPS) is 9.91. The van der Waals surface area contributed by atoms with Gasteiger partial charge in [0.05, 0.1) is 5.69 Å². The summed E-state index contributed by atoms with van der Waals surface area (Å²) in [7, 11) is 0. The Labute approximate surface area is 145 Å². The maximum absolute atomic E-state index is 8.40. The largest absolute Gasteiger partial charge is 0.396 e. The fourth-order valence-corrected chi connectivity index (χ4v) is 1.34. The molecule has 0 bridgehead atoms. The van der Waals surface area contributed by atoms with Gasteiger partial charge in [0.25, 0.3) is 0 Å². The standard InChI is InChI=1S/C9H17N3.C6H14O.2C2H6/c1-4-9-7-12(11-10-9)6-5-8(2)3;1-6(2,3)4-5-7;2*1-2/h7-8H,4-6H2,1-3H3;7H,4-5H2,1-3H3;2*1-2H3. The van der Waals surface area contributed by atoms with Crippen molar-refractivity contribution < 1.29 is 5.11 Å². The van der Waals surface area contributed by atoms with Crippen LogP contribution >= 0.6 is 0 Å². The van der Waals surface area contributed by atoms with Gasteiger partial charge in [-0.2, -0.15) is 0 Å².